The van der Waals surface area contributed by atoms with Crippen LogP contribution in [0.5, 0.6) is 0 Å². The largest absolute Gasteiger partial charge is 0.338 e. The van der Waals surface area contributed by atoms with Gasteiger partial charge in [0, 0.05) is 62.7 Å². The van der Waals surface area contributed by atoms with E-state index in [4.69, 9.17) is 11.6 Å². The second-order valence-electron chi connectivity index (χ2n) is 11.0. The van der Waals surface area contributed by atoms with Gasteiger partial charge in [-0.05, 0) is 87.7 Å². The molecule has 0 bridgehead atoms. The molecule has 3 saturated heterocycles. The lowest BCUT2D eigenvalue weighted by Crippen LogP contribution is -2.43. The maximum absolute atomic E-state index is 13.3. The van der Waals surface area contributed by atoms with Crippen molar-refractivity contribution in [1.82, 2.24) is 19.7 Å². The number of carbonyl (C=O) groups excluding carboxylic acids is 2. The number of nitrogens with zero attached hydrogens (tertiary/aromatic N) is 5. The number of carbonyl (C=O) groups is 2. The van der Waals surface area contributed by atoms with Gasteiger partial charge in [0.15, 0.2) is 0 Å². The third kappa shape index (κ3) is 5.48. The highest BCUT2D eigenvalue weighted by atomic mass is 35.5. The molecule has 3 fully saturated rings. The molecule has 0 radical (unpaired) electrons. The molecule has 0 saturated carbocycles. The molecule has 1 aromatic carbocycles. The Bertz CT molecular complexity index is 1130. The van der Waals surface area contributed by atoms with Crippen molar-refractivity contribution in [2.24, 2.45) is 11.8 Å². The van der Waals surface area contributed by atoms with E-state index in [0.29, 0.717) is 23.4 Å². The van der Waals surface area contributed by atoms with Crippen LogP contribution in [0.3, 0.4) is 0 Å². The number of halogens is 1. The van der Waals surface area contributed by atoms with Crippen molar-refractivity contribution in [3.63, 3.8) is 0 Å². The molecule has 2 aromatic rings. The summed E-state index contributed by atoms with van der Waals surface area (Å²) in [5.74, 6) is 1.15. The Morgan fingerprint density at radius 2 is 1.68 bits per heavy atom. The topological polar surface area (TPSA) is 60.0 Å². The summed E-state index contributed by atoms with van der Waals surface area (Å²) in [5, 5.41) is 0.694. The standard InChI is InChI=1S/C29H38ClN5O2/c1-20-7-8-25(15-26(20)30)35(29(37)33-12-4-5-13-33)14-6-11-32-16-23-18-34(19-24(23)17-32)28(36)27-21(2)9-10-31-22(27)3/h7-10,15,23-24H,4-6,11-14,16-19H2,1-3H3. The number of aromatic nitrogens is 1. The number of hydrogen-bond acceptors (Lipinski definition) is 4. The minimum absolute atomic E-state index is 0.0888. The first-order chi connectivity index (χ1) is 17.8. The maximum Gasteiger partial charge on any atom is 0.324 e. The van der Waals surface area contributed by atoms with Crippen molar-refractivity contribution in [2.75, 3.05) is 57.3 Å². The van der Waals surface area contributed by atoms with E-state index >= 15 is 0 Å². The Kier molecular flexibility index (Phi) is 7.72. The molecular weight excluding hydrogens is 486 g/mol. The smallest absolute Gasteiger partial charge is 0.324 e. The lowest BCUT2D eigenvalue weighted by Gasteiger charge is -2.29. The molecule has 0 aliphatic carbocycles. The number of amides is 3. The molecule has 0 spiro atoms. The highest BCUT2D eigenvalue weighted by Gasteiger charge is 2.42. The molecule has 3 amide bonds. The van der Waals surface area contributed by atoms with Crippen LogP contribution >= 0.6 is 11.6 Å². The number of hydrogen-bond donors (Lipinski definition) is 0. The monoisotopic (exact) mass is 523 g/mol. The molecule has 0 N–H and O–H groups in total. The molecule has 3 aliphatic rings. The summed E-state index contributed by atoms with van der Waals surface area (Å²) in [7, 11) is 0. The van der Waals surface area contributed by atoms with Crippen LogP contribution in [0.2, 0.25) is 5.02 Å². The number of urea groups is 1. The summed E-state index contributed by atoms with van der Waals surface area (Å²) in [6.45, 7) is 12.8. The zero-order valence-electron chi connectivity index (χ0n) is 22.3. The summed E-state index contributed by atoms with van der Waals surface area (Å²) in [4.78, 5) is 39.3. The van der Waals surface area contributed by atoms with E-state index in [2.05, 4.69) is 9.88 Å². The Morgan fingerprint density at radius 3 is 2.32 bits per heavy atom. The van der Waals surface area contributed by atoms with Crippen molar-refractivity contribution in [3.05, 3.63) is 57.9 Å². The summed E-state index contributed by atoms with van der Waals surface area (Å²) in [5.41, 5.74) is 4.47. The van der Waals surface area contributed by atoms with Crippen molar-refractivity contribution in [3.8, 4) is 0 Å². The minimum atomic E-state index is 0.0888. The van der Waals surface area contributed by atoms with Gasteiger partial charge in [-0.2, -0.15) is 0 Å². The molecule has 8 heteroatoms. The van der Waals surface area contributed by atoms with Gasteiger partial charge in [0.2, 0.25) is 0 Å². The van der Waals surface area contributed by atoms with E-state index in [9.17, 15) is 9.59 Å². The molecule has 4 heterocycles. The maximum atomic E-state index is 13.3. The molecule has 1 aromatic heterocycles. The van der Waals surface area contributed by atoms with Crippen LogP contribution in [-0.2, 0) is 0 Å². The Labute approximate surface area is 225 Å². The van der Waals surface area contributed by atoms with Gasteiger partial charge in [-0.25, -0.2) is 4.79 Å². The first kappa shape index (κ1) is 26.0. The summed E-state index contributed by atoms with van der Waals surface area (Å²) >= 11 is 6.41. The van der Waals surface area contributed by atoms with E-state index < -0.39 is 0 Å². The minimum Gasteiger partial charge on any atom is -0.338 e. The van der Waals surface area contributed by atoms with Crippen molar-refractivity contribution < 1.29 is 9.59 Å². The highest BCUT2D eigenvalue weighted by Crippen LogP contribution is 2.33. The Morgan fingerprint density at radius 1 is 0.973 bits per heavy atom. The average Bonchev–Trinajstić information content (AvgIpc) is 3.60. The lowest BCUT2D eigenvalue weighted by atomic mass is 10.0. The molecular formula is C29H38ClN5O2. The first-order valence-corrected chi connectivity index (χ1v) is 14.0. The summed E-state index contributed by atoms with van der Waals surface area (Å²) in [6.07, 6.45) is 4.82. The quantitative estimate of drug-likeness (QED) is 0.547. The molecule has 3 aliphatic heterocycles. The molecule has 37 heavy (non-hydrogen) atoms. The van der Waals surface area contributed by atoms with Gasteiger partial charge in [-0.3, -0.25) is 14.7 Å². The average molecular weight is 524 g/mol. The number of fused-ring (bicyclic) bond motifs is 1. The van der Waals surface area contributed by atoms with Crippen molar-refractivity contribution in [2.45, 2.75) is 40.0 Å². The third-order valence-electron chi connectivity index (χ3n) is 8.34. The van der Waals surface area contributed by atoms with E-state index in [1.165, 1.54) is 0 Å². The zero-order chi connectivity index (χ0) is 26.1. The van der Waals surface area contributed by atoms with Crippen LogP contribution in [0.4, 0.5) is 10.5 Å². The molecule has 7 nitrogen and oxygen atoms in total. The van der Waals surface area contributed by atoms with Gasteiger partial charge in [0.25, 0.3) is 5.91 Å². The van der Waals surface area contributed by atoms with Gasteiger partial charge in [-0.1, -0.05) is 17.7 Å². The second kappa shape index (κ2) is 11.0. The van der Waals surface area contributed by atoms with E-state index in [0.717, 1.165) is 93.1 Å². The fourth-order valence-electron chi connectivity index (χ4n) is 6.23. The summed E-state index contributed by atoms with van der Waals surface area (Å²) in [6, 6.07) is 7.92. The van der Waals surface area contributed by atoms with Crippen LogP contribution in [-0.4, -0.2) is 84.0 Å². The van der Waals surface area contributed by atoms with Gasteiger partial charge < -0.3 is 14.7 Å². The first-order valence-electron chi connectivity index (χ1n) is 13.6. The highest BCUT2D eigenvalue weighted by molar-refractivity contribution is 6.31. The van der Waals surface area contributed by atoms with Gasteiger partial charge >= 0.3 is 6.03 Å². The van der Waals surface area contributed by atoms with Crippen LogP contribution in [0.15, 0.2) is 30.5 Å². The normalized spacial score (nSPS) is 21.5. The fraction of sp³-hybridized carbons (Fsp3) is 0.552. The molecule has 198 valence electrons. The zero-order valence-corrected chi connectivity index (χ0v) is 23.0. The molecule has 5 rings (SSSR count). The SMILES string of the molecule is Cc1ccc(N(CCCN2CC3CN(C(=O)c4c(C)ccnc4C)CC3C2)C(=O)N2CCCC2)cc1Cl. The number of likely N-dealkylation sites (tertiary alicyclic amines) is 3. The van der Waals surface area contributed by atoms with Gasteiger partial charge in [0.05, 0.1) is 11.3 Å². The van der Waals surface area contributed by atoms with E-state index in [1.807, 2.05) is 59.7 Å². The molecule has 2 unspecified atom stereocenters. The number of rotatable bonds is 6. The number of pyridine rings is 1. The Hall–Kier alpha value is -2.64. The number of aryl methyl sites for hydroxylation is 3. The number of anilines is 1. The van der Waals surface area contributed by atoms with Crippen LogP contribution in [0, 0.1) is 32.6 Å². The Balaban J connectivity index is 1.16. The fourth-order valence-corrected chi connectivity index (χ4v) is 6.41. The molecule has 2 atom stereocenters. The van der Waals surface area contributed by atoms with Crippen LogP contribution < -0.4 is 4.90 Å². The summed E-state index contributed by atoms with van der Waals surface area (Å²) < 4.78 is 0. The van der Waals surface area contributed by atoms with Gasteiger partial charge in [0.1, 0.15) is 0 Å². The second-order valence-corrected chi connectivity index (χ2v) is 11.4. The van der Waals surface area contributed by atoms with E-state index in [-0.39, 0.29) is 11.9 Å². The number of benzene rings is 1. The third-order valence-corrected chi connectivity index (χ3v) is 8.75. The predicted octanol–water partition coefficient (Wildman–Crippen LogP) is 4.78. The van der Waals surface area contributed by atoms with Crippen molar-refractivity contribution >= 4 is 29.2 Å². The van der Waals surface area contributed by atoms with Gasteiger partial charge in [-0.15, -0.1) is 0 Å². The van der Waals surface area contributed by atoms with Crippen LogP contribution in [0.25, 0.3) is 0 Å². The van der Waals surface area contributed by atoms with Crippen LogP contribution in [0.1, 0.15) is 46.4 Å². The predicted molar refractivity (Wildman–Crippen MR) is 147 cm³/mol. The van der Waals surface area contributed by atoms with E-state index in [1.54, 1.807) is 6.20 Å². The lowest BCUT2D eigenvalue weighted by molar-refractivity contribution is 0.0772. The van der Waals surface area contributed by atoms with Crippen molar-refractivity contribution in [1.29, 1.82) is 0 Å².